The Kier molecular flexibility index (Phi) is 3.06. The lowest BCUT2D eigenvalue weighted by Gasteiger charge is -2.28. The molecule has 1 aromatic heterocycles. The summed E-state index contributed by atoms with van der Waals surface area (Å²) >= 11 is 0. The van der Waals surface area contributed by atoms with Crippen LogP contribution in [0.4, 0.5) is 5.69 Å². The molecular weight excluding hydrogens is 258 g/mol. The van der Waals surface area contributed by atoms with E-state index in [-0.39, 0.29) is 18.1 Å². The normalized spacial score (nSPS) is 14.2. The van der Waals surface area contributed by atoms with Crippen LogP contribution in [0, 0.1) is 6.92 Å². The van der Waals surface area contributed by atoms with Crippen LogP contribution >= 0.6 is 0 Å². The van der Waals surface area contributed by atoms with E-state index in [4.69, 9.17) is 4.52 Å². The van der Waals surface area contributed by atoms with Gasteiger partial charge in [0, 0.05) is 25.5 Å². The minimum absolute atomic E-state index is 0.0693. The predicted octanol–water partition coefficient (Wildman–Crippen LogP) is 1.54. The maximum absolute atomic E-state index is 12.3. The Balaban J connectivity index is 1.86. The average molecular weight is 271 g/mol. The molecule has 0 saturated heterocycles. The molecule has 0 aliphatic carbocycles. The molecule has 102 valence electrons. The third-order valence-corrected chi connectivity index (χ3v) is 3.24. The smallest absolute Gasteiger partial charge is 0.234 e. The molecule has 6 nitrogen and oxygen atoms in total. The number of ketones is 1. The fourth-order valence-electron chi connectivity index (χ4n) is 2.32. The third-order valence-electron chi connectivity index (χ3n) is 3.24. The summed E-state index contributed by atoms with van der Waals surface area (Å²) in [7, 11) is 0. The van der Waals surface area contributed by atoms with Gasteiger partial charge in [-0.05, 0) is 12.1 Å². The topological polar surface area (TPSA) is 76.3 Å². The Hall–Kier alpha value is -2.50. The van der Waals surface area contributed by atoms with E-state index in [1.807, 2.05) is 6.07 Å². The maximum Gasteiger partial charge on any atom is 0.234 e. The molecule has 1 aliphatic heterocycles. The van der Waals surface area contributed by atoms with Crippen LogP contribution in [0.15, 0.2) is 28.8 Å². The number of amides is 1. The average Bonchev–Trinajstić information content (AvgIpc) is 2.84. The molecule has 1 aromatic carbocycles. The Labute approximate surface area is 115 Å². The maximum atomic E-state index is 12.3. The van der Waals surface area contributed by atoms with Gasteiger partial charge in [-0.1, -0.05) is 17.3 Å². The van der Waals surface area contributed by atoms with Gasteiger partial charge < -0.3 is 9.42 Å². The molecule has 2 heterocycles. The van der Waals surface area contributed by atoms with Crippen LogP contribution in [0.1, 0.15) is 28.5 Å². The summed E-state index contributed by atoms with van der Waals surface area (Å²) in [5.41, 5.74) is 1.25. The van der Waals surface area contributed by atoms with Crippen molar-refractivity contribution in [2.24, 2.45) is 0 Å². The molecule has 0 radical (unpaired) electrons. The van der Waals surface area contributed by atoms with Gasteiger partial charge in [0.1, 0.15) is 0 Å². The summed E-state index contributed by atoms with van der Waals surface area (Å²) in [5.74, 6) is 0.731. The van der Waals surface area contributed by atoms with Crippen molar-refractivity contribution in [1.82, 2.24) is 10.1 Å². The molecule has 1 amide bonds. The zero-order valence-corrected chi connectivity index (χ0v) is 11.0. The summed E-state index contributed by atoms with van der Waals surface area (Å²) in [5, 5.41) is 3.72. The van der Waals surface area contributed by atoms with E-state index in [1.54, 1.807) is 30.0 Å². The van der Waals surface area contributed by atoms with Gasteiger partial charge >= 0.3 is 0 Å². The second kappa shape index (κ2) is 4.88. The lowest BCUT2D eigenvalue weighted by atomic mass is 10.00. The molecule has 1 aliphatic rings. The minimum Gasteiger partial charge on any atom is -0.340 e. The fraction of sp³-hybridized carbons (Fsp3) is 0.286. The van der Waals surface area contributed by atoms with Gasteiger partial charge in [0.15, 0.2) is 11.6 Å². The van der Waals surface area contributed by atoms with E-state index >= 15 is 0 Å². The van der Waals surface area contributed by atoms with E-state index in [0.717, 1.165) is 0 Å². The highest BCUT2D eigenvalue weighted by atomic mass is 16.5. The number of aryl methyl sites for hydroxylation is 1. The Morgan fingerprint density at radius 3 is 2.95 bits per heavy atom. The van der Waals surface area contributed by atoms with Crippen molar-refractivity contribution in [2.75, 3.05) is 11.4 Å². The van der Waals surface area contributed by atoms with Gasteiger partial charge in [-0.25, -0.2) is 0 Å². The minimum atomic E-state index is -0.134. The van der Waals surface area contributed by atoms with Gasteiger partial charge in [0.25, 0.3) is 0 Å². The third kappa shape index (κ3) is 2.20. The van der Waals surface area contributed by atoms with Crippen LogP contribution in [-0.2, 0) is 11.2 Å². The fourth-order valence-corrected chi connectivity index (χ4v) is 2.32. The van der Waals surface area contributed by atoms with Crippen molar-refractivity contribution in [3.8, 4) is 0 Å². The summed E-state index contributed by atoms with van der Waals surface area (Å²) in [6, 6.07) is 7.14. The molecule has 0 unspecified atom stereocenters. The van der Waals surface area contributed by atoms with Gasteiger partial charge in [-0.15, -0.1) is 0 Å². The zero-order chi connectivity index (χ0) is 14.1. The zero-order valence-electron chi connectivity index (χ0n) is 11.0. The van der Waals surface area contributed by atoms with E-state index in [0.29, 0.717) is 35.9 Å². The lowest BCUT2D eigenvalue weighted by Crippen LogP contribution is -2.38. The van der Waals surface area contributed by atoms with Gasteiger partial charge in [0.2, 0.25) is 11.8 Å². The second-order valence-electron chi connectivity index (χ2n) is 4.64. The first-order chi connectivity index (χ1) is 9.65. The van der Waals surface area contributed by atoms with Crippen LogP contribution in [0.5, 0.6) is 0 Å². The number of benzene rings is 1. The van der Waals surface area contributed by atoms with E-state index in [2.05, 4.69) is 10.1 Å². The van der Waals surface area contributed by atoms with Crippen LogP contribution in [-0.4, -0.2) is 28.4 Å². The molecule has 0 spiro atoms. The number of carbonyl (C=O) groups excluding carboxylic acids is 2. The number of aromatic nitrogens is 2. The molecule has 3 rings (SSSR count). The highest BCUT2D eigenvalue weighted by Gasteiger charge is 2.27. The van der Waals surface area contributed by atoms with Crippen LogP contribution in [0.25, 0.3) is 0 Å². The molecule has 0 N–H and O–H groups in total. The molecule has 0 atom stereocenters. The van der Waals surface area contributed by atoms with Crippen molar-refractivity contribution in [3.05, 3.63) is 41.5 Å². The van der Waals surface area contributed by atoms with E-state index < -0.39 is 0 Å². The number of nitrogens with zero attached hydrogens (tertiary/aromatic N) is 3. The highest BCUT2D eigenvalue weighted by Crippen LogP contribution is 2.27. The van der Waals surface area contributed by atoms with Gasteiger partial charge in [-0.3, -0.25) is 9.59 Å². The number of carbonyl (C=O) groups is 2. The first-order valence-electron chi connectivity index (χ1n) is 6.37. The molecule has 0 saturated carbocycles. The predicted molar refractivity (Wildman–Crippen MR) is 70.5 cm³/mol. The monoisotopic (exact) mass is 271 g/mol. The first kappa shape index (κ1) is 12.5. The largest absolute Gasteiger partial charge is 0.340 e. The number of anilines is 1. The molecule has 2 aromatic rings. The lowest BCUT2D eigenvalue weighted by molar-refractivity contribution is -0.118. The molecule has 0 bridgehead atoms. The standard InChI is InChI=1S/C14H13N3O3/c1-9-15-13(16-20-9)8-14(19)17-7-6-12(18)10-4-2-3-5-11(10)17/h2-5H,6-8H2,1H3. The first-order valence-corrected chi connectivity index (χ1v) is 6.37. The number of fused-ring (bicyclic) bond motifs is 1. The number of hydrogen-bond donors (Lipinski definition) is 0. The highest BCUT2D eigenvalue weighted by molar-refractivity contribution is 6.08. The quantitative estimate of drug-likeness (QED) is 0.828. The Morgan fingerprint density at radius 2 is 2.20 bits per heavy atom. The Bertz CT molecular complexity index is 678. The SMILES string of the molecule is Cc1nc(CC(=O)N2CCC(=O)c3ccccc32)no1. The summed E-state index contributed by atoms with van der Waals surface area (Å²) in [6.45, 7) is 2.07. The molecular formula is C14H13N3O3. The van der Waals surface area contributed by atoms with Gasteiger partial charge in [0.05, 0.1) is 12.1 Å². The van der Waals surface area contributed by atoms with Gasteiger partial charge in [-0.2, -0.15) is 4.98 Å². The summed E-state index contributed by atoms with van der Waals surface area (Å²) in [6.07, 6.45) is 0.411. The second-order valence-corrected chi connectivity index (χ2v) is 4.64. The molecule has 6 heteroatoms. The number of hydrogen-bond acceptors (Lipinski definition) is 5. The number of Topliss-reactive ketones (excluding diaryl/α,β-unsaturated/α-hetero) is 1. The van der Waals surface area contributed by atoms with Crippen molar-refractivity contribution < 1.29 is 14.1 Å². The number of rotatable bonds is 2. The van der Waals surface area contributed by atoms with Crippen LogP contribution in [0.3, 0.4) is 0 Å². The summed E-state index contributed by atoms with van der Waals surface area (Å²) < 4.78 is 4.85. The van der Waals surface area contributed by atoms with Crippen molar-refractivity contribution in [3.63, 3.8) is 0 Å². The van der Waals surface area contributed by atoms with Crippen LogP contribution in [0.2, 0.25) is 0 Å². The summed E-state index contributed by atoms with van der Waals surface area (Å²) in [4.78, 5) is 29.8. The Morgan fingerprint density at radius 1 is 1.40 bits per heavy atom. The van der Waals surface area contributed by atoms with Crippen molar-refractivity contribution in [1.29, 1.82) is 0 Å². The van der Waals surface area contributed by atoms with Crippen molar-refractivity contribution >= 4 is 17.4 Å². The molecule has 20 heavy (non-hydrogen) atoms. The number of para-hydroxylation sites is 1. The van der Waals surface area contributed by atoms with E-state index in [9.17, 15) is 9.59 Å². The molecule has 0 fully saturated rings. The van der Waals surface area contributed by atoms with Crippen molar-refractivity contribution in [2.45, 2.75) is 19.8 Å². The van der Waals surface area contributed by atoms with Crippen LogP contribution < -0.4 is 4.90 Å². The van der Waals surface area contributed by atoms with E-state index in [1.165, 1.54) is 0 Å².